The van der Waals surface area contributed by atoms with E-state index in [1.807, 2.05) is 29.8 Å². The van der Waals surface area contributed by atoms with Crippen molar-refractivity contribution in [1.82, 2.24) is 0 Å². The molecule has 9 heavy (non-hydrogen) atoms. The Morgan fingerprint density at radius 1 is 1.44 bits per heavy atom. The van der Waals surface area contributed by atoms with E-state index in [9.17, 15) is 0 Å². The molecule has 0 unspecified atom stereocenters. The minimum absolute atomic E-state index is 0.847. The summed E-state index contributed by atoms with van der Waals surface area (Å²) in [5.74, 6) is 2.43. The molecule has 0 aliphatic rings. The zero-order valence-corrected chi connectivity index (χ0v) is 6.32. The first kappa shape index (κ1) is 8.26. The number of thiophene rings is 1. The van der Waals surface area contributed by atoms with E-state index in [-0.39, 0.29) is 0 Å². The summed E-state index contributed by atoms with van der Waals surface area (Å²) in [4.78, 5) is 0. The lowest BCUT2D eigenvalue weighted by Crippen LogP contribution is -1.38. The fourth-order valence-electron chi connectivity index (χ4n) is 0.227. The first-order valence-electron chi connectivity index (χ1n) is 2.82. The Labute approximate surface area is 60.5 Å². The van der Waals surface area contributed by atoms with Crippen LogP contribution < -0.4 is 0 Å². The lowest BCUT2D eigenvalue weighted by atomic mass is 10.5. The van der Waals surface area contributed by atoms with Gasteiger partial charge in [-0.15, -0.1) is 12.3 Å². The highest BCUT2D eigenvalue weighted by Gasteiger charge is 1.58. The van der Waals surface area contributed by atoms with Crippen LogP contribution in [0, 0.1) is 12.3 Å². The van der Waals surface area contributed by atoms with Crippen molar-refractivity contribution < 1.29 is 0 Å². The Morgan fingerprint density at radius 3 is 2.00 bits per heavy atom. The maximum atomic E-state index is 4.78. The second kappa shape index (κ2) is 7.26. The fourth-order valence-corrected chi connectivity index (χ4v) is 0.680. The zero-order valence-electron chi connectivity index (χ0n) is 5.50. The van der Waals surface area contributed by atoms with Crippen molar-refractivity contribution in [1.29, 1.82) is 0 Å². The molecule has 1 aromatic heterocycles. The minimum Gasteiger partial charge on any atom is -0.152 e. The summed E-state index contributed by atoms with van der Waals surface area (Å²) in [6, 6.07) is 4.04. The molecule has 1 rings (SSSR count). The van der Waals surface area contributed by atoms with Crippen LogP contribution in [0.2, 0.25) is 0 Å². The van der Waals surface area contributed by atoms with Gasteiger partial charge in [0.2, 0.25) is 0 Å². The molecule has 0 aliphatic heterocycles. The van der Waals surface area contributed by atoms with E-state index in [0.29, 0.717) is 0 Å². The molecule has 1 heterocycles. The summed E-state index contributed by atoms with van der Waals surface area (Å²) in [5, 5.41) is 4.08. The van der Waals surface area contributed by atoms with Crippen LogP contribution in [0.15, 0.2) is 22.9 Å². The standard InChI is InChI=1S/C4H4S.C4H6/c1-2-4-5-3-1;1-3-4-2/h1-4H;1H,4H2,2H3. The van der Waals surface area contributed by atoms with Crippen molar-refractivity contribution in [2.45, 2.75) is 13.3 Å². The Balaban J connectivity index is 0.000000148. The van der Waals surface area contributed by atoms with Crippen molar-refractivity contribution in [3.63, 3.8) is 0 Å². The van der Waals surface area contributed by atoms with Gasteiger partial charge in [0.05, 0.1) is 0 Å². The molecule has 0 nitrogen and oxygen atoms in total. The topological polar surface area (TPSA) is 0 Å². The average Bonchev–Trinajstić information content (AvgIpc) is 2.43. The van der Waals surface area contributed by atoms with Crippen LogP contribution in [-0.4, -0.2) is 0 Å². The van der Waals surface area contributed by atoms with Gasteiger partial charge < -0.3 is 0 Å². The number of rotatable bonds is 0. The normalized spacial score (nSPS) is 6.67. The molecule has 1 aromatic rings. The molecule has 0 aromatic carbocycles. The zero-order chi connectivity index (χ0) is 6.95. The first-order valence-corrected chi connectivity index (χ1v) is 3.76. The number of hydrogen-bond acceptors (Lipinski definition) is 1. The molecule has 1 heteroatoms. The summed E-state index contributed by atoms with van der Waals surface area (Å²) in [7, 11) is 0. The van der Waals surface area contributed by atoms with E-state index in [4.69, 9.17) is 6.42 Å². The van der Waals surface area contributed by atoms with Gasteiger partial charge >= 0.3 is 0 Å². The van der Waals surface area contributed by atoms with Crippen LogP contribution in [0.4, 0.5) is 0 Å². The lowest BCUT2D eigenvalue weighted by molar-refractivity contribution is 1.28. The molecule has 48 valence electrons. The summed E-state index contributed by atoms with van der Waals surface area (Å²) >= 11 is 1.71. The smallest absolute Gasteiger partial charge is 0.00576 e. The molecule has 0 amide bonds. The van der Waals surface area contributed by atoms with Gasteiger partial charge in [-0.3, -0.25) is 0 Å². The van der Waals surface area contributed by atoms with Gasteiger partial charge in [0.1, 0.15) is 0 Å². The molecule has 0 bridgehead atoms. The van der Waals surface area contributed by atoms with Gasteiger partial charge in [-0.25, -0.2) is 0 Å². The molecular weight excluding hydrogens is 128 g/mol. The van der Waals surface area contributed by atoms with Crippen molar-refractivity contribution in [2.24, 2.45) is 0 Å². The predicted molar refractivity (Wildman–Crippen MR) is 43.4 cm³/mol. The van der Waals surface area contributed by atoms with Crippen molar-refractivity contribution >= 4 is 11.3 Å². The molecule has 0 saturated heterocycles. The van der Waals surface area contributed by atoms with Crippen molar-refractivity contribution in [2.75, 3.05) is 0 Å². The SMILES string of the molecule is C#CCC.c1ccsc1. The second-order valence-electron chi connectivity index (χ2n) is 1.35. The van der Waals surface area contributed by atoms with E-state index >= 15 is 0 Å². The molecule has 0 aliphatic carbocycles. The quantitative estimate of drug-likeness (QED) is 0.483. The van der Waals surface area contributed by atoms with Crippen molar-refractivity contribution in [3.8, 4) is 12.3 Å². The molecule has 0 fully saturated rings. The first-order chi connectivity index (χ1) is 4.41. The molecule has 0 atom stereocenters. The largest absolute Gasteiger partial charge is 0.152 e. The van der Waals surface area contributed by atoms with Gasteiger partial charge in [-0.2, -0.15) is 11.3 Å². The molecule has 0 spiro atoms. The van der Waals surface area contributed by atoms with Crippen LogP contribution in [0.1, 0.15) is 13.3 Å². The van der Waals surface area contributed by atoms with E-state index in [2.05, 4.69) is 5.92 Å². The monoisotopic (exact) mass is 138 g/mol. The summed E-state index contributed by atoms with van der Waals surface area (Å²) in [6.07, 6.45) is 5.62. The van der Waals surface area contributed by atoms with Gasteiger partial charge in [0.15, 0.2) is 0 Å². The van der Waals surface area contributed by atoms with Crippen LogP contribution >= 0.6 is 11.3 Å². The van der Waals surface area contributed by atoms with E-state index in [1.54, 1.807) is 11.3 Å². The van der Waals surface area contributed by atoms with Crippen LogP contribution in [0.3, 0.4) is 0 Å². The summed E-state index contributed by atoms with van der Waals surface area (Å²) in [5.41, 5.74) is 0. The highest BCUT2D eigenvalue weighted by atomic mass is 32.1. The highest BCUT2D eigenvalue weighted by Crippen LogP contribution is 1.91. The molecule has 0 radical (unpaired) electrons. The Morgan fingerprint density at radius 2 is 1.89 bits per heavy atom. The third-order valence-electron chi connectivity index (χ3n) is 0.630. The number of hydrogen-bond donors (Lipinski definition) is 0. The Kier molecular flexibility index (Phi) is 6.66. The summed E-state index contributed by atoms with van der Waals surface area (Å²) in [6.45, 7) is 1.94. The third-order valence-corrected chi connectivity index (χ3v) is 1.26. The van der Waals surface area contributed by atoms with Crippen LogP contribution in [0.25, 0.3) is 0 Å². The minimum atomic E-state index is 0.847. The molecule has 0 saturated carbocycles. The van der Waals surface area contributed by atoms with Gasteiger partial charge in [-0.1, -0.05) is 19.1 Å². The summed E-state index contributed by atoms with van der Waals surface area (Å²) < 4.78 is 0. The van der Waals surface area contributed by atoms with E-state index in [0.717, 1.165) is 6.42 Å². The predicted octanol–water partition coefficient (Wildman–Crippen LogP) is 2.78. The number of terminal acetylenes is 1. The lowest BCUT2D eigenvalue weighted by Gasteiger charge is -1.52. The Bertz CT molecular complexity index is 128. The Hall–Kier alpha value is -0.740. The van der Waals surface area contributed by atoms with Gasteiger partial charge in [0.25, 0.3) is 0 Å². The second-order valence-corrected chi connectivity index (χ2v) is 2.17. The van der Waals surface area contributed by atoms with E-state index < -0.39 is 0 Å². The maximum Gasteiger partial charge on any atom is 0.00576 e. The van der Waals surface area contributed by atoms with Gasteiger partial charge in [0, 0.05) is 6.42 Å². The average molecular weight is 138 g/mol. The van der Waals surface area contributed by atoms with Crippen LogP contribution in [-0.2, 0) is 0 Å². The van der Waals surface area contributed by atoms with E-state index in [1.165, 1.54) is 0 Å². The maximum absolute atomic E-state index is 4.78. The fraction of sp³-hybridized carbons (Fsp3) is 0.250. The highest BCUT2D eigenvalue weighted by molar-refractivity contribution is 7.07. The molecule has 0 N–H and O–H groups in total. The van der Waals surface area contributed by atoms with Crippen LogP contribution in [0.5, 0.6) is 0 Å². The van der Waals surface area contributed by atoms with Gasteiger partial charge in [-0.05, 0) is 10.8 Å². The van der Waals surface area contributed by atoms with Crippen molar-refractivity contribution in [3.05, 3.63) is 22.9 Å². The third kappa shape index (κ3) is 7.26. The molecular formula is C8H10S.